The molecule has 0 saturated carbocycles. The van der Waals surface area contributed by atoms with E-state index in [0.29, 0.717) is 16.6 Å². The van der Waals surface area contributed by atoms with E-state index in [0.717, 1.165) is 29.2 Å². The minimum absolute atomic E-state index is 0.216. The highest BCUT2D eigenvalue weighted by Gasteiger charge is 2.18. The van der Waals surface area contributed by atoms with Crippen LogP contribution in [0, 0.1) is 0 Å². The number of hydrogen-bond donors (Lipinski definition) is 1. The number of nitrogens with one attached hydrogen (secondary N) is 1. The Bertz CT molecular complexity index is 878. The van der Waals surface area contributed by atoms with Gasteiger partial charge < -0.3 is 4.74 Å². The number of thiazole rings is 1. The Hall–Kier alpha value is -2.45. The summed E-state index contributed by atoms with van der Waals surface area (Å²) in [7, 11) is 0. The van der Waals surface area contributed by atoms with E-state index in [1.165, 1.54) is 17.5 Å². The summed E-state index contributed by atoms with van der Waals surface area (Å²) < 4.78 is 5.80. The average molecular weight is 384 g/mol. The van der Waals surface area contributed by atoms with Crippen molar-refractivity contribution in [3.63, 3.8) is 0 Å². The van der Waals surface area contributed by atoms with Crippen molar-refractivity contribution in [2.45, 2.75) is 12.5 Å². The first-order chi connectivity index (χ1) is 12.8. The van der Waals surface area contributed by atoms with E-state index in [9.17, 15) is 4.79 Å². The zero-order valence-corrected chi connectivity index (χ0v) is 15.4. The molecule has 3 aromatic rings. The van der Waals surface area contributed by atoms with Gasteiger partial charge >= 0.3 is 0 Å². The smallest absolute Gasteiger partial charge is 0.259 e. The minimum Gasteiger partial charge on any atom is -0.473 e. The van der Waals surface area contributed by atoms with Gasteiger partial charge in [-0.2, -0.15) is 11.8 Å². The van der Waals surface area contributed by atoms with Crippen LogP contribution in [0.1, 0.15) is 16.8 Å². The quantitative estimate of drug-likeness (QED) is 0.722. The summed E-state index contributed by atoms with van der Waals surface area (Å²) in [6, 6.07) is 7.24. The van der Waals surface area contributed by atoms with Crippen LogP contribution in [0.15, 0.2) is 48.2 Å². The van der Waals surface area contributed by atoms with E-state index in [1.54, 1.807) is 24.5 Å². The summed E-state index contributed by atoms with van der Waals surface area (Å²) in [5, 5.41) is 5.23. The number of hydrogen-bond acceptors (Lipinski definition) is 7. The second-order valence-corrected chi connectivity index (χ2v) is 7.73. The van der Waals surface area contributed by atoms with Crippen LogP contribution < -0.4 is 10.1 Å². The number of thioether (sulfide) groups is 1. The van der Waals surface area contributed by atoms with Crippen LogP contribution in [-0.4, -0.2) is 38.5 Å². The number of amides is 1. The molecule has 132 valence electrons. The minimum atomic E-state index is -0.243. The van der Waals surface area contributed by atoms with Gasteiger partial charge in [0.1, 0.15) is 6.10 Å². The Kier molecular flexibility index (Phi) is 5.12. The van der Waals surface area contributed by atoms with Gasteiger partial charge in [-0.3, -0.25) is 15.1 Å². The lowest BCUT2D eigenvalue weighted by Gasteiger charge is -2.11. The molecule has 8 heteroatoms. The van der Waals surface area contributed by atoms with Crippen molar-refractivity contribution in [2.75, 3.05) is 16.8 Å². The lowest BCUT2D eigenvalue weighted by atomic mass is 10.2. The van der Waals surface area contributed by atoms with Crippen LogP contribution in [0.2, 0.25) is 0 Å². The highest BCUT2D eigenvalue weighted by Crippen LogP contribution is 2.25. The van der Waals surface area contributed by atoms with Gasteiger partial charge in [-0.15, -0.1) is 11.3 Å². The van der Waals surface area contributed by atoms with Crippen LogP contribution in [0.3, 0.4) is 0 Å². The molecule has 1 N–H and O–H groups in total. The standard InChI is InChI=1S/C18H16N4O2S2/c23-17(13-3-4-16(20-9-13)24-14-5-7-25-10-14)22-18-21-15(11-26-18)12-2-1-6-19-8-12/h1-4,6,8-9,11,14H,5,7,10H2,(H,21,22,23)/t14-/m1/s1. The molecule has 0 bridgehead atoms. The fourth-order valence-electron chi connectivity index (χ4n) is 2.51. The zero-order valence-electron chi connectivity index (χ0n) is 13.8. The summed E-state index contributed by atoms with van der Waals surface area (Å²) in [6.45, 7) is 0. The number of pyridine rings is 2. The highest BCUT2D eigenvalue weighted by atomic mass is 32.2. The van der Waals surface area contributed by atoms with Crippen molar-refractivity contribution in [3.05, 3.63) is 53.8 Å². The number of anilines is 1. The normalized spacial score (nSPS) is 16.4. The van der Waals surface area contributed by atoms with Crippen molar-refractivity contribution >= 4 is 34.1 Å². The maximum absolute atomic E-state index is 12.4. The zero-order chi connectivity index (χ0) is 17.8. The van der Waals surface area contributed by atoms with E-state index >= 15 is 0 Å². The second-order valence-electron chi connectivity index (χ2n) is 5.72. The number of aromatic nitrogens is 3. The van der Waals surface area contributed by atoms with Crippen molar-refractivity contribution in [3.8, 4) is 17.1 Å². The van der Waals surface area contributed by atoms with Gasteiger partial charge in [-0.05, 0) is 30.4 Å². The van der Waals surface area contributed by atoms with Crippen LogP contribution in [0.4, 0.5) is 5.13 Å². The fourth-order valence-corrected chi connectivity index (χ4v) is 4.32. The molecular formula is C18H16N4O2S2. The molecule has 1 atom stereocenters. The second kappa shape index (κ2) is 7.84. The Morgan fingerprint density at radius 1 is 1.27 bits per heavy atom. The Labute approximate surface area is 159 Å². The Morgan fingerprint density at radius 2 is 2.23 bits per heavy atom. The largest absolute Gasteiger partial charge is 0.473 e. The van der Waals surface area contributed by atoms with Crippen LogP contribution >= 0.6 is 23.1 Å². The first kappa shape index (κ1) is 17.0. The first-order valence-electron chi connectivity index (χ1n) is 8.16. The van der Waals surface area contributed by atoms with Crippen LogP contribution in [0.5, 0.6) is 5.88 Å². The van der Waals surface area contributed by atoms with Gasteiger partial charge in [0.25, 0.3) is 5.91 Å². The number of rotatable bonds is 5. The number of nitrogens with zero attached hydrogens (tertiary/aromatic N) is 3. The maximum Gasteiger partial charge on any atom is 0.259 e. The molecule has 1 aliphatic heterocycles. The molecule has 1 aliphatic rings. The molecule has 0 radical (unpaired) electrons. The van der Waals surface area contributed by atoms with E-state index < -0.39 is 0 Å². The van der Waals surface area contributed by atoms with Crippen molar-refractivity contribution in [2.24, 2.45) is 0 Å². The molecule has 4 rings (SSSR count). The third-order valence-corrected chi connectivity index (χ3v) is 5.75. The maximum atomic E-state index is 12.4. The van der Waals surface area contributed by atoms with Gasteiger partial charge in [0, 0.05) is 41.4 Å². The Balaban J connectivity index is 1.39. The molecule has 0 aliphatic carbocycles. The summed E-state index contributed by atoms with van der Waals surface area (Å²) >= 11 is 3.26. The van der Waals surface area contributed by atoms with Crippen LogP contribution in [0.25, 0.3) is 11.3 Å². The van der Waals surface area contributed by atoms with Crippen molar-refractivity contribution in [1.29, 1.82) is 0 Å². The molecule has 0 unspecified atom stereocenters. The topological polar surface area (TPSA) is 77.0 Å². The molecule has 1 fully saturated rings. The Morgan fingerprint density at radius 3 is 2.96 bits per heavy atom. The third kappa shape index (κ3) is 4.03. The van der Waals surface area contributed by atoms with Gasteiger partial charge in [0.15, 0.2) is 5.13 Å². The highest BCUT2D eigenvalue weighted by molar-refractivity contribution is 7.99. The lowest BCUT2D eigenvalue weighted by Crippen LogP contribution is -2.16. The van der Waals surface area contributed by atoms with E-state index in [1.807, 2.05) is 29.3 Å². The van der Waals surface area contributed by atoms with Crippen molar-refractivity contribution < 1.29 is 9.53 Å². The number of ether oxygens (including phenoxy) is 1. The molecule has 4 heterocycles. The molecule has 26 heavy (non-hydrogen) atoms. The monoisotopic (exact) mass is 384 g/mol. The fraction of sp³-hybridized carbons (Fsp3) is 0.222. The molecule has 0 aromatic carbocycles. The van der Waals surface area contributed by atoms with Gasteiger partial charge in [-0.1, -0.05) is 0 Å². The molecule has 0 spiro atoms. The SMILES string of the molecule is O=C(Nc1nc(-c2cccnc2)cs1)c1ccc(O[C@@H]2CCSC2)nc1. The molecule has 1 saturated heterocycles. The predicted molar refractivity (Wildman–Crippen MR) is 104 cm³/mol. The lowest BCUT2D eigenvalue weighted by molar-refractivity contribution is 0.102. The summed E-state index contributed by atoms with van der Waals surface area (Å²) in [5.41, 5.74) is 2.17. The van der Waals surface area contributed by atoms with E-state index in [-0.39, 0.29) is 12.0 Å². The van der Waals surface area contributed by atoms with E-state index in [4.69, 9.17) is 4.74 Å². The number of carbonyl (C=O) groups is 1. The summed E-state index contributed by atoms with van der Waals surface area (Å²) in [5.74, 6) is 2.43. The molecule has 6 nitrogen and oxygen atoms in total. The molecule has 3 aromatic heterocycles. The summed E-state index contributed by atoms with van der Waals surface area (Å²) in [4.78, 5) is 25.1. The van der Waals surface area contributed by atoms with Gasteiger partial charge in [-0.25, -0.2) is 9.97 Å². The number of carbonyl (C=O) groups excluding carboxylic acids is 1. The molecular weight excluding hydrogens is 368 g/mol. The molecule has 1 amide bonds. The van der Waals surface area contributed by atoms with Gasteiger partial charge in [0.05, 0.1) is 11.3 Å². The predicted octanol–water partition coefficient (Wildman–Crippen LogP) is 3.74. The van der Waals surface area contributed by atoms with Gasteiger partial charge in [0.2, 0.25) is 5.88 Å². The first-order valence-corrected chi connectivity index (χ1v) is 10.2. The summed E-state index contributed by atoms with van der Waals surface area (Å²) in [6.07, 6.45) is 6.24. The van der Waals surface area contributed by atoms with Crippen molar-refractivity contribution in [1.82, 2.24) is 15.0 Å². The average Bonchev–Trinajstić information content (AvgIpc) is 3.35. The third-order valence-electron chi connectivity index (χ3n) is 3.86. The van der Waals surface area contributed by atoms with E-state index in [2.05, 4.69) is 20.3 Å². The van der Waals surface area contributed by atoms with Crippen LogP contribution in [-0.2, 0) is 0 Å².